The second-order valence-electron chi connectivity index (χ2n) is 9.02. The summed E-state index contributed by atoms with van der Waals surface area (Å²) in [6.07, 6.45) is 3.93. The van der Waals surface area contributed by atoms with Crippen molar-refractivity contribution >= 4 is 40.0 Å². The number of nitrogen functional groups attached to an aromatic ring is 1. The van der Waals surface area contributed by atoms with Crippen LogP contribution in [0.25, 0.3) is 22.2 Å². The van der Waals surface area contributed by atoms with E-state index in [9.17, 15) is 4.79 Å². The first-order valence-electron chi connectivity index (χ1n) is 12.2. The van der Waals surface area contributed by atoms with Gasteiger partial charge in [0.2, 0.25) is 5.91 Å². The number of rotatable bonds is 6. The van der Waals surface area contributed by atoms with E-state index in [1.54, 1.807) is 36.1 Å². The summed E-state index contributed by atoms with van der Waals surface area (Å²) in [5, 5.41) is 2.99. The minimum atomic E-state index is -0.656. The first-order chi connectivity index (χ1) is 19.4. The maximum absolute atomic E-state index is 15.7. The van der Waals surface area contributed by atoms with E-state index in [0.29, 0.717) is 46.8 Å². The molecule has 0 saturated heterocycles. The molecule has 0 unspecified atom stereocenters. The van der Waals surface area contributed by atoms with Crippen LogP contribution >= 0.6 is 0 Å². The predicted molar refractivity (Wildman–Crippen MR) is 146 cm³/mol. The number of carbonyl (C=O) groups is 1. The van der Waals surface area contributed by atoms with E-state index in [1.165, 1.54) is 30.7 Å². The summed E-state index contributed by atoms with van der Waals surface area (Å²) >= 11 is 0. The van der Waals surface area contributed by atoms with Crippen LogP contribution in [0.15, 0.2) is 67.6 Å². The molecule has 0 saturated carbocycles. The van der Waals surface area contributed by atoms with Gasteiger partial charge in [0.05, 0.1) is 16.8 Å². The third kappa shape index (κ3) is 4.15. The molecule has 3 aromatic heterocycles. The third-order valence-electron chi connectivity index (χ3n) is 6.55. The van der Waals surface area contributed by atoms with Gasteiger partial charge in [-0.1, -0.05) is 18.7 Å². The molecule has 5 aromatic rings. The van der Waals surface area contributed by atoms with Gasteiger partial charge in [-0.3, -0.25) is 4.79 Å². The minimum Gasteiger partial charge on any atom is -0.421 e. The van der Waals surface area contributed by atoms with Crippen LogP contribution in [0.5, 0.6) is 11.8 Å². The molecule has 12 heteroatoms. The molecule has 4 heterocycles. The van der Waals surface area contributed by atoms with Crippen molar-refractivity contribution in [2.45, 2.75) is 13.5 Å². The lowest BCUT2D eigenvalue weighted by Gasteiger charge is -2.22. The Bertz CT molecular complexity index is 1820. The van der Waals surface area contributed by atoms with Crippen molar-refractivity contribution in [3.8, 4) is 22.9 Å². The van der Waals surface area contributed by atoms with Gasteiger partial charge in [0, 0.05) is 30.5 Å². The quantitative estimate of drug-likeness (QED) is 0.284. The summed E-state index contributed by atoms with van der Waals surface area (Å²) in [4.78, 5) is 30.4. The second kappa shape index (κ2) is 9.73. The van der Waals surface area contributed by atoms with Gasteiger partial charge in [0.15, 0.2) is 17.4 Å². The van der Waals surface area contributed by atoms with E-state index in [2.05, 4.69) is 31.8 Å². The molecular formula is C28H22F2N8O2. The highest BCUT2D eigenvalue weighted by atomic mass is 19.1. The number of fused-ring (bicyclic) bond motifs is 3. The van der Waals surface area contributed by atoms with Crippen LogP contribution in [0, 0.1) is 18.6 Å². The van der Waals surface area contributed by atoms with Crippen LogP contribution in [0.1, 0.15) is 5.69 Å². The lowest BCUT2D eigenvalue weighted by atomic mass is 10.0. The maximum atomic E-state index is 15.7. The van der Waals surface area contributed by atoms with E-state index in [1.807, 2.05) is 4.57 Å². The van der Waals surface area contributed by atoms with E-state index in [-0.39, 0.29) is 29.0 Å². The normalized spacial score (nSPS) is 12.4. The highest BCUT2D eigenvalue weighted by Gasteiger charge is 2.33. The standard InChI is InChI=1S/C28H22F2N8O2/c1-3-21(39)36-18-5-4-6-19(24(18)30)37-11-12-38-26-23(25(31)33-14-34-26)22(27(37)38)16-7-8-20(17(29)13-16)40-28-32-10-9-15(2)35-28/h3-10,13-14H,1,11-12H2,2H3,(H,36,39)(H2,31,33,34). The van der Waals surface area contributed by atoms with Gasteiger partial charge in [0.1, 0.15) is 23.6 Å². The van der Waals surface area contributed by atoms with Crippen molar-refractivity contribution in [3.63, 3.8) is 0 Å². The SMILES string of the molecule is C=CC(=O)Nc1cccc(N2CCn3c2c(-c2ccc(Oc4nccc(C)n4)c(F)c2)c2c(N)ncnc23)c1F. The second-order valence-corrected chi connectivity index (χ2v) is 9.02. The molecule has 40 heavy (non-hydrogen) atoms. The van der Waals surface area contributed by atoms with E-state index < -0.39 is 17.5 Å². The Morgan fingerprint density at radius 2 is 2.00 bits per heavy atom. The number of halogens is 2. The van der Waals surface area contributed by atoms with Crippen LogP contribution in [0.4, 0.5) is 31.8 Å². The van der Waals surface area contributed by atoms with Crippen molar-refractivity contribution in [1.82, 2.24) is 24.5 Å². The van der Waals surface area contributed by atoms with Crippen molar-refractivity contribution in [2.75, 3.05) is 22.5 Å². The Hall–Kier alpha value is -5.39. The molecule has 1 aliphatic rings. The predicted octanol–water partition coefficient (Wildman–Crippen LogP) is 5.13. The summed E-state index contributed by atoms with van der Waals surface area (Å²) in [6, 6.07) is 10.9. The fraction of sp³-hybridized carbons (Fsp3) is 0.107. The first kappa shape index (κ1) is 24.9. The third-order valence-corrected chi connectivity index (χ3v) is 6.55. The highest BCUT2D eigenvalue weighted by molar-refractivity contribution is 6.08. The van der Waals surface area contributed by atoms with Crippen molar-refractivity contribution in [2.24, 2.45) is 0 Å². The number of nitrogens with one attached hydrogen (secondary N) is 1. The molecular weight excluding hydrogens is 518 g/mol. The molecule has 1 aliphatic heterocycles. The number of anilines is 4. The van der Waals surface area contributed by atoms with E-state index in [4.69, 9.17) is 10.5 Å². The molecule has 0 aliphatic carbocycles. The number of hydrogen-bond donors (Lipinski definition) is 2. The van der Waals surface area contributed by atoms with Gasteiger partial charge in [0.25, 0.3) is 0 Å². The average molecular weight is 541 g/mol. The Morgan fingerprint density at radius 3 is 2.77 bits per heavy atom. The maximum Gasteiger partial charge on any atom is 0.322 e. The Balaban J connectivity index is 1.49. The number of hydrogen-bond acceptors (Lipinski definition) is 8. The van der Waals surface area contributed by atoms with E-state index in [0.717, 1.165) is 6.08 Å². The van der Waals surface area contributed by atoms with Gasteiger partial charge in [-0.2, -0.15) is 0 Å². The Morgan fingerprint density at radius 1 is 1.15 bits per heavy atom. The molecule has 0 atom stereocenters. The molecule has 200 valence electrons. The van der Waals surface area contributed by atoms with Gasteiger partial charge in [-0.25, -0.2) is 28.7 Å². The van der Waals surface area contributed by atoms with Gasteiger partial charge >= 0.3 is 6.01 Å². The van der Waals surface area contributed by atoms with Crippen molar-refractivity contribution in [3.05, 3.63) is 85.0 Å². The number of carbonyl (C=O) groups excluding carboxylic acids is 1. The topological polar surface area (TPSA) is 124 Å². The molecule has 0 radical (unpaired) electrons. The molecule has 0 bridgehead atoms. The fourth-order valence-corrected chi connectivity index (χ4v) is 4.81. The molecule has 6 rings (SSSR count). The zero-order chi connectivity index (χ0) is 28.0. The minimum absolute atomic E-state index is 0.00345. The first-order valence-corrected chi connectivity index (χ1v) is 12.2. The number of nitrogens with two attached hydrogens (primary N) is 1. The van der Waals surface area contributed by atoms with Crippen molar-refractivity contribution in [1.29, 1.82) is 0 Å². The monoisotopic (exact) mass is 540 g/mol. The van der Waals surface area contributed by atoms with Crippen LogP contribution in [-0.2, 0) is 11.3 Å². The number of amides is 1. The van der Waals surface area contributed by atoms with Crippen LogP contribution in [0.3, 0.4) is 0 Å². The van der Waals surface area contributed by atoms with Crippen LogP contribution < -0.4 is 20.7 Å². The molecule has 1 amide bonds. The summed E-state index contributed by atoms with van der Waals surface area (Å²) in [5.74, 6) is -1.13. The van der Waals surface area contributed by atoms with Gasteiger partial charge in [-0.15, -0.1) is 0 Å². The molecule has 0 fully saturated rings. The number of nitrogens with zero attached hydrogens (tertiary/aromatic N) is 6. The Labute approximate surface area is 226 Å². The number of benzene rings is 2. The lowest BCUT2D eigenvalue weighted by molar-refractivity contribution is -0.111. The van der Waals surface area contributed by atoms with Gasteiger partial charge in [-0.05, 0) is 48.9 Å². The smallest absolute Gasteiger partial charge is 0.322 e. The average Bonchev–Trinajstić information content (AvgIpc) is 3.50. The molecule has 10 nitrogen and oxygen atoms in total. The zero-order valence-electron chi connectivity index (χ0n) is 21.2. The van der Waals surface area contributed by atoms with Crippen molar-refractivity contribution < 1.29 is 18.3 Å². The summed E-state index contributed by atoms with van der Waals surface area (Å²) in [7, 11) is 0. The largest absolute Gasteiger partial charge is 0.421 e. The zero-order valence-corrected chi connectivity index (χ0v) is 21.2. The molecule has 0 spiro atoms. The summed E-state index contributed by atoms with van der Waals surface area (Å²) < 4.78 is 38.6. The molecule has 2 aromatic carbocycles. The van der Waals surface area contributed by atoms with Gasteiger partial charge < -0.3 is 25.3 Å². The van der Waals surface area contributed by atoms with E-state index >= 15 is 8.78 Å². The number of aromatic nitrogens is 5. The lowest BCUT2D eigenvalue weighted by Crippen LogP contribution is -2.17. The number of ether oxygens (including phenoxy) is 1. The van der Waals surface area contributed by atoms with Crippen LogP contribution in [0.2, 0.25) is 0 Å². The Kier molecular flexibility index (Phi) is 6.06. The summed E-state index contributed by atoms with van der Waals surface area (Å²) in [6.45, 7) is 6.04. The number of aryl methyl sites for hydroxylation is 1. The van der Waals surface area contributed by atoms with Crippen LogP contribution in [-0.4, -0.2) is 37.0 Å². The molecule has 3 N–H and O–H groups in total. The summed E-state index contributed by atoms with van der Waals surface area (Å²) in [5.41, 5.74) is 8.71. The fourth-order valence-electron chi connectivity index (χ4n) is 4.81. The highest BCUT2D eigenvalue weighted by Crippen LogP contribution is 2.48.